The molecule has 0 saturated heterocycles. The molecule has 0 aromatic carbocycles. The normalized spacial score (nSPS) is 60.3. The summed E-state index contributed by atoms with van der Waals surface area (Å²) < 4.78 is 0. The van der Waals surface area contributed by atoms with Crippen molar-refractivity contribution in [2.45, 2.75) is 84.3 Å². The van der Waals surface area contributed by atoms with Gasteiger partial charge in [-0.25, -0.2) is 0 Å². The van der Waals surface area contributed by atoms with E-state index in [1.807, 2.05) is 6.92 Å². The van der Waals surface area contributed by atoms with Gasteiger partial charge in [-0.3, -0.25) is 4.79 Å². The molecule has 4 aliphatic rings. The van der Waals surface area contributed by atoms with Crippen molar-refractivity contribution in [2.24, 2.45) is 40.4 Å². The largest absolute Gasteiger partial charge is 0.393 e. The van der Waals surface area contributed by atoms with Crippen LogP contribution in [0.2, 0.25) is 0 Å². The molecule has 4 fully saturated rings. The molecule has 0 bridgehead atoms. The van der Waals surface area contributed by atoms with Gasteiger partial charge in [0.15, 0.2) is 0 Å². The molecule has 0 amide bonds. The average Bonchev–Trinajstić information content (AvgIpc) is 2.70. The molecule has 0 heterocycles. The molecule has 0 unspecified atom stereocenters. The summed E-state index contributed by atoms with van der Waals surface area (Å²) in [4.78, 5) is 12.3. The number of hydrogen-bond acceptors (Lipinski definition) is 3. The fourth-order valence-corrected chi connectivity index (χ4v) is 7.76. The maximum atomic E-state index is 12.3. The van der Waals surface area contributed by atoms with Crippen LogP contribution < -0.4 is 0 Å². The number of Topliss-reactive ketones (excluding diaryl/α,β-unsaturated/α-hetero) is 1. The highest BCUT2D eigenvalue weighted by Gasteiger charge is 2.66. The summed E-state index contributed by atoms with van der Waals surface area (Å²) in [5.41, 5.74) is -0.727. The number of hydrogen-bond donors (Lipinski definition) is 2. The Bertz CT molecular complexity index is 555. The highest BCUT2D eigenvalue weighted by molar-refractivity contribution is 5.82. The van der Waals surface area contributed by atoms with E-state index in [1.165, 1.54) is 0 Å². The first-order chi connectivity index (χ1) is 11.1. The molecule has 24 heavy (non-hydrogen) atoms. The Morgan fingerprint density at radius 1 is 1.08 bits per heavy atom. The zero-order chi connectivity index (χ0) is 17.5. The standard InChI is InChI=1S/C21H34O3/c1-12-10-19(2)13(9-16(12)22)5-6-14-15-7-8-21(4,24)20(15,3)11-17(23)18(14)19/h12-15,17-18,23-24H,5-11H2,1-4H3/t12-,13-,14-,15-,17+,18+,19-,20-,21+/m0/s1. The number of aliphatic hydroxyl groups excluding tert-OH is 1. The Morgan fingerprint density at radius 3 is 2.50 bits per heavy atom. The van der Waals surface area contributed by atoms with E-state index in [9.17, 15) is 15.0 Å². The molecule has 2 N–H and O–H groups in total. The van der Waals surface area contributed by atoms with Crippen LogP contribution in [0.4, 0.5) is 0 Å². The molecule has 4 rings (SSSR count). The highest BCUT2D eigenvalue weighted by atomic mass is 16.3. The van der Waals surface area contributed by atoms with Crippen LogP contribution in [-0.4, -0.2) is 27.7 Å². The van der Waals surface area contributed by atoms with Gasteiger partial charge in [-0.1, -0.05) is 20.8 Å². The first-order valence-corrected chi connectivity index (χ1v) is 10.0. The molecule has 0 spiro atoms. The fraction of sp³-hybridized carbons (Fsp3) is 0.952. The van der Waals surface area contributed by atoms with Gasteiger partial charge in [-0.05, 0) is 74.5 Å². The van der Waals surface area contributed by atoms with Gasteiger partial charge >= 0.3 is 0 Å². The molecule has 4 saturated carbocycles. The summed E-state index contributed by atoms with van der Waals surface area (Å²) in [7, 11) is 0. The monoisotopic (exact) mass is 334 g/mol. The van der Waals surface area contributed by atoms with Gasteiger partial charge in [-0.15, -0.1) is 0 Å². The fourth-order valence-electron chi connectivity index (χ4n) is 7.76. The van der Waals surface area contributed by atoms with Crippen molar-refractivity contribution in [2.75, 3.05) is 0 Å². The third-order valence-electron chi connectivity index (χ3n) is 9.30. The minimum atomic E-state index is -0.656. The summed E-state index contributed by atoms with van der Waals surface area (Å²) in [6.07, 6.45) is 6.23. The van der Waals surface area contributed by atoms with Gasteiger partial charge in [0, 0.05) is 17.8 Å². The van der Waals surface area contributed by atoms with E-state index in [0.29, 0.717) is 35.9 Å². The lowest BCUT2D eigenvalue weighted by Crippen LogP contribution is -2.61. The van der Waals surface area contributed by atoms with Crippen molar-refractivity contribution in [1.29, 1.82) is 0 Å². The minimum Gasteiger partial charge on any atom is -0.393 e. The summed E-state index contributed by atoms with van der Waals surface area (Å²) in [6.45, 7) is 8.63. The lowest BCUT2D eigenvalue weighted by atomic mass is 9.43. The summed E-state index contributed by atoms with van der Waals surface area (Å²) >= 11 is 0. The number of carbonyl (C=O) groups is 1. The predicted octanol–water partition coefficient (Wildman–Crippen LogP) is 3.57. The number of ketones is 1. The number of rotatable bonds is 0. The Labute approximate surface area is 146 Å². The molecule has 9 atom stereocenters. The van der Waals surface area contributed by atoms with Gasteiger partial charge < -0.3 is 10.2 Å². The van der Waals surface area contributed by atoms with Gasteiger partial charge in [-0.2, -0.15) is 0 Å². The van der Waals surface area contributed by atoms with E-state index >= 15 is 0 Å². The van der Waals surface area contributed by atoms with E-state index in [0.717, 1.165) is 38.5 Å². The molecule has 0 aliphatic heterocycles. The number of aliphatic hydroxyl groups is 2. The van der Waals surface area contributed by atoms with Crippen LogP contribution in [-0.2, 0) is 4.79 Å². The van der Waals surface area contributed by atoms with Crippen LogP contribution in [0.5, 0.6) is 0 Å². The van der Waals surface area contributed by atoms with Crippen molar-refractivity contribution in [3.8, 4) is 0 Å². The van der Waals surface area contributed by atoms with Crippen LogP contribution in [0.15, 0.2) is 0 Å². The van der Waals surface area contributed by atoms with E-state index in [4.69, 9.17) is 0 Å². The Balaban J connectivity index is 1.71. The van der Waals surface area contributed by atoms with Gasteiger partial charge in [0.2, 0.25) is 0 Å². The van der Waals surface area contributed by atoms with Crippen molar-refractivity contribution in [3.05, 3.63) is 0 Å². The smallest absolute Gasteiger partial charge is 0.136 e. The van der Waals surface area contributed by atoms with Crippen LogP contribution in [0.1, 0.15) is 72.6 Å². The van der Waals surface area contributed by atoms with E-state index in [-0.39, 0.29) is 22.9 Å². The Hall–Kier alpha value is -0.410. The molecule has 0 aromatic heterocycles. The van der Waals surface area contributed by atoms with Crippen molar-refractivity contribution < 1.29 is 15.0 Å². The van der Waals surface area contributed by atoms with Crippen molar-refractivity contribution in [3.63, 3.8) is 0 Å². The minimum absolute atomic E-state index is 0.0887. The van der Waals surface area contributed by atoms with Gasteiger partial charge in [0.25, 0.3) is 0 Å². The second-order valence-electron chi connectivity index (χ2n) is 10.4. The zero-order valence-corrected chi connectivity index (χ0v) is 15.7. The van der Waals surface area contributed by atoms with E-state index < -0.39 is 5.60 Å². The third kappa shape index (κ3) is 2.00. The SMILES string of the molecule is C[C@H]1C[C@@]2(C)[C@@H](CC[C@@H]3[C@@H]2[C@H](O)C[C@@]2(C)[C@H]3CC[C@@]2(C)O)CC1=O. The Kier molecular flexibility index (Phi) is 3.59. The quantitative estimate of drug-likeness (QED) is 0.712. The van der Waals surface area contributed by atoms with Crippen LogP contribution in [0.25, 0.3) is 0 Å². The first-order valence-electron chi connectivity index (χ1n) is 10.0. The first kappa shape index (κ1) is 17.0. The highest BCUT2D eigenvalue weighted by Crippen LogP contribution is 2.68. The molecule has 0 aromatic rings. The van der Waals surface area contributed by atoms with Crippen LogP contribution in [0.3, 0.4) is 0 Å². The summed E-state index contributed by atoms with van der Waals surface area (Å²) in [6, 6.07) is 0. The molecule has 3 heteroatoms. The second-order valence-corrected chi connectivity index (χ2v) is 10.4. The van der Waals surface area contributed by atoms with Crippen molar-refractivity contribution >= 4 is 5.78 Å². The molecular formula is C21H34O3. The summed E-state index contributed by atoms with van der Waals surface area (Å²) in [5, 5.41) is 22.2. The third-order valence-corrected chi connectivity index (χ3v) is 9.30. The van der Waals surface area contributed by atoms with E-state index in [2.05, 4.69) is 20.8 Å². The number of fused-ring (bicyclic) bond motifs is 5. The molecule has 3 nitrogen and oxygen atoms in total. The molecule has 136 valence electrons. The maximum absolute atomic E-state index is 12.3. The topological polar surface area (TPSA) is 57.5 Å². The van der Waals surface area contributed by atoms with E-state index in [1.54, 1.807) is 0 Å². The summed E-state index contributed by atoms with van der Waals surface area (Å²) in [5.74, 6) is 2.34. The second kappa shape index (κ2) is 5.07. The zero-order valence-electron chi connectivity index (χ0n) is 15.7. The lowest BCUT2D eigenvalue weighted by molar-refractivity contribution is -0.196. The number of carbonyl (C=O) groups excluding carboxylic acids is 1. The van der Waals surface area contributed by atoms with Crippen LogP contribution in [0, 0.1) is 40.4 Å². The molecule has 0 radical (unpaired) electrons. The Morgan fingerprint density at radius 2 is 1.79 bits per heavy atom. The molecule has 4 aliphatic carbocycles. The van der Waals surface area contributed by atoms with Gasteiger partial charge in [0.05, 0.1) is 11.7 Å². The van der Waals surface area contributed by atoms with Crippen LogP contribution >= 0.6 is 0 Å². The maximum Gasteiger partial charge on any atom is 0.136 e. The lowest BCUT2D eigenvalue weighted by Gasteiger charge is -2.62. The van der Waals surface area contributed by atoms with Gasteiger partial charge in [0.1, 0.15) is 5.78 Å². The molecular weight excluding hydrogens is 300 g/mol. The van der Waals surface area contributed by atoms with Crippen molar-refractivity contribution in [1.82, 2.24) is 0 Å². The average molecular weight is 335 g/mol. The predicted molar refractivity (Wildman–Crippen MR) is 93.3 cm³/mol.